The maximum atomic E-state index is 10.3. The van der Waals surface area contributed by atoms with E-state index in [2.05, 4.69) is 22.0 Å². The summed E-state index contributed by atoms with van der Waals surface area (Å²) >= 11 is 0. The molecule has 0 spiro atoms. The predicted octanol–water partition coefficient (Wildman–Crippen LogP) is 4.06. The fraction of sp³-hybridized carbons (Fsp3) is 0.409. The third-order valence-corrected chi connectivity index (χ3v) is 4.92. The summed E-state index contributed by atoms with van der Waals surface area (Å²) in [5, 5.41) is 10.3. The summed E-state index contributed by atoms with van der Waals surface area (Å²) in [4.78, 5) is 7.14. The van der Waals surface area contributed by atoms with Gasteiger partial charge in [0.25, 0.3) is 0 Å². The molecule has 1 heterocycles. The van der Waals surface area contributed by atoms with Crippen LogP contribution in [0.1, 0.15) is 36.9 Å². The molecule has 1 N–H and O–H groups in total. The zero-order valence-corrected chi connectivity index (χ0v) is 16.1. The van der Waals surface area contributed by atoms with Crippen LogP contribution >= 0.6 is 0 Å². The first-order valence-electron chi connectivity index (χ1n) is 9.55. The zero-order chi connectivity index (χ0) is 19.1. The lowest BCUT2D eigenvalue weighted by molar-refractivity contribution is 0.252. The number of rotatable bonds is 8. The van der Waals surface area contributed by atoms with E-state index >= 15 is 0 Å². The van der Waals surface area contributed by atoms with Gasteiger partial charge in [-0.15, -0.1) is 0 Å². The Morgan fingerprint density at radius 3 is 2.56 bits per heavy atom. The van der Waals surface area contributed by atoms with E-state index in [4.69, 9.17) is 9.47 Å². The van der Waals surface area contributed by atoms with Crippen LogP contribution in [0.3, 0.4) is 0 Å². The molecule has 144 valence electrons. The minimum atomic E-state index is 0.144. The molecule has 0 aliphatic carbocycles. The standard InChI is InChI=1S/C22H28N2O3/c1-3-27-21-8-6-7-18(22(21)25)15-23-16-20(24-13-4-5-14-24)17-9-11-19(26-2)12-10-17/h6-12,15,20,25H,3-5,13-14,16H2,1-2H3/t20-/m1/s1. The van der Waals surface area contributed by atoms with Gasteiger partial charge in [-0.2, -0.15) is 0 Å². The van der Waals surface area contributed by atoms with Crippen LogP contribution in [0.2, 0.25) is 0 Å². The molecule has 3 rings (SSSR count). The average molecular weight is 368 g/mol. The third-order valence-electron chi connectivity index (χ3n) is 4.92. The summed E-state index contributed by atoms with van der Waals surface area (Å²) in [5.74, 6) is 1.50. The highest BCUT2D eigenvalue weighted by Gasteiger charge is 2.23. The molecule has 5 nitrogen and oxygen atoms in total. The van der Waals surface area contributed by atoms with Gasteiger partial charge in [0.2, 0.25) is 0 Å². The normalized spacial score (nSPS) is 15.9. The van der Waals surface area contributed by atoms with E-state index in [9.17, 15) is 5.11 Å². The Kier molecular flexibility index (Phi) is 6.71. The topological polar surface area (TPSA) is 54.3 Å². The summed E-state index contributed by atoms with van der Waals surface area (Å²) in [6.45, 7) is 5.25. The van der Waals surface area contributed by atoms with Crippen molar-refractivity contribution in [2.75, 3.05) is 33.4 Å². The van der Waals surface area contributed by atoms with E-state index in [-0.39, 0.29) is 11.8 Å². The minimum Gasteiger partial charge on any atom is -0.504 e. The van der Waals surface area contributed by atoms with Crippen LogP contribution < -0.4 is 9.47 Å². The first-order valence-corrected chi connectivity index (χ1v) is 9.55. The number of methoxy groups -OCH3 is 1. The van der Waals surface area contributed by atoms with E-state index in [0.29, 0.717) is 24.5 Å². The van der Waals surface area contributed by atoms with Gasteiger partial charge in [-0.3, -0.25) is 9.89 Å². The molecule has 1 atom stereocenters. The van der Waals surface area contributed by atoms with Crippen molar-refractivity contribution in [1.82, 2.24) is 4.90 Å². The highest BCUT2D eigenvalue weighted by molar-refractivity contribution is 5.84. The number of benzene rings is 2. The van der Waals surface area contributed by atoms with Crippen LogP contribution in [-0.2, 0) is 0 Å². The van der Waals surface area contributed by atoms with Gasteiger partial charge in [0.15, 0.2) is 11.5 Å². The first-order chi connectivity index (χ1) is 13.2. The van der Waals surface area contributed by atoms with Crippen LogP contribution in [0.4, 0.5) is 0 Å². The van der Waals surface area contributed by atoms with Crippen molar-refractivity contribution in [1.29, 1.82) is 0 Å². The first kappa shape index (κ1) is 19.2. The zero-order valence-electron chi connectivity index (χ0n) is 16.1. The summed E-state index contributed by atoms with van der Waals surface area (Å²) in [6, 6.07) is 13.9. The highest BCUT2D eigenvalue weighted by Crippen LogP contribution is 2.30. The van der Waals surface area contributed by atoms with Gasteiger partial charge in [-0.25, -0.2) is 0 Å². The smallest absolute Gasteiger partial charge is 0.166 e. The molecule has 27 heavy (non-hydrogen) atoms. The van der Waals surface area contributed by atoms with E-state index in [0.717, 1.165) is 18.8 Å². The Balaban J connectivity index is 1.76. The van der Waals surface area contributed by atoms with Crippen molar-refractivity contribution in [2.24, 2.45) is 4.99 Å². The maximum absolute atomic E-state index is 10.3. The van der Waals surface area contributed by atoms with Crippen molar-refractivity contribution in [3.8, 4) is 17.2 Å². The van der Waals surface area contributed by atoms with E-state index in [1.54, 1.807) is 19.4 Å². The molecule has 1 saturated heterocycles. The van der Waals surface area contributed by atoms with Crippen molar-refractivity contribution < 1.29 is 14.6 Å². The van der Waals surface area contributed by atoms with Gasteiger partial charge in [0.05, 0.1) is 26.3 Å². The van der Waals surface area contributed by atoms with E-state index in [1.165, 1.54) is 18.4 Å². The van der Waals surface area contributed by atoms with Crippen molar-refractivity contribution in [2.45, 2.75) is 25.8 Å². The largest absolute Gasteiger partial charge is 0.504 e. The number of likely N-dealkylation sites (tertiary alicyclic amines) is 1. The minimum absolute atomic E-state index is 0.144. The van der Waals surface area contributed by atoms with Gasteiger partial charge in [0.1, 0.15) is 5.75 Å². The second kappa shape index (κ2) is 9.42. The molecule has 5 heteroatoms. The number of aromatic hydroxyl groups is 1. The lowest BCUT2D eigenvalue weighted by atomic mass is 10.1. The van der Waals surface area contributed by atoms with E-state index in [1.807, 2.05) is 31.2 Å². The van der Waals surface area contributed by atoms with Gasteiger partial charge >= 0.3 is 0 Å². The Morgan fingerprint density at radius 2 is 1.89 bits per heavy atom. The highest BCUT2D eigenvalue weighted by atomic mass is 16.5. The fourth-order valence-corrected chi connectivity index (χ4v) is 3.48. The number of ether oxygens (including phenoxy) is 2. The summed E-state index contributed by atoms with van der Waals surface area (Å²) in [5.41, 5.74) is 1.91. The predicted molar refractivity (Wildman–Crippen MR) is 108 cm³/mol. The number of nitrogens with zero attached hydrogens (tertiary/aromatic N) is 2. The molecule has 0 radical (unpaired) electrons. The number of para-hydroxylation sites is 1. The quantitative estimate of drug-likeness (QED) is 0.714. The molecule has 1 aliphatic heterocycles. The number of hydrogen-bond acceptors (Lipinski definition) is 5. The Bertz CT molecular complexity index is 753. The second-order valence-corrected chi connectivity index (χ2v) is 6.65. The summed E-state index contributed by atoms with van der Waals surface area (Å²) < 4.78 is 10.7. The number of phenolic OH excluding ortho intramolecular Hbond substituents is 1. The van der Waals surface area contributed by atoms with Crippen LogP contribution in [0.25, 0.3) is 0 Å². The van der Waals surface area contributed by atoms with E-state index < -0.39 is 0 Å². The second-order valence-electron chi connectivity index (χ2n) is 6.65. The molecule has 0 saturated carbocycles. The lowest BCUT2D eigenvalue weighted by Gasteiger charge is -2.26. The van der Waals surface area contributed by atoms with Crippen molar-refractivity contribution in [3.05, 3.63) is 53.6 Å². The fourth-order valence-electron chi connectivity index (χ4n) is 3.48. The molecular formula is C22H28N2O3. The lowest BCUT2D eigenvalue weighted by Crippen LogP contribution is -2.27. The monoisotopic (exact) mass is 368 g/mol. The SMILES string of the molecule is CCOc1cccc(C=NC[C@H](c2ccc(OC)cc2)N2CCCC2)c1O. The molecule has 1 aliphatic rings. The summed E-state index contributed by atoms with van der Waals surface area (Å²) in [7, 11) is 1.68. The summed E-state index contributed by atoms with van der Waals surface area (Å²) in [6.07, 6.45) is 4.20. The molecule has 1 fully saturated rings. The van der Waals surface area contributed by atoms with Crippen LogP contribution in [0.15, 0.2) is 47.5 Å². The van der Waals surface area contributed by atoms with Crippen LogP contribution in [0, 0.1) is 0 Å². The van der Waals surface area contributed by atoms with Crippen molar-refractivity contribution >= 4 is 6.21 Å². The van der Waals surface area contributed by atoms with Crippen LogP contribution in [-0.4, -0.2) is 49.6 Å². The van der Waals surface area contributed by atoms with Crippen molar-refractivity contribution in [3.63, 3.8) is 0 Å². The molecule has 0 unspecified atom stereocenters. The average Bonchev–Trinajstić information content (AvgIpc) is 3.23. The number of hydrogen-bond donors (Lipinski definition) is 1. The van der Waals surface area contributed by atoms with Gasteiger partial charge in [0, 0.05) is 11.8 Å². The van der Waals surface area contributed by atoms with Crippen LogP contribution in [0.5, 0.6) is 17.2 Å². The maximum Gasteiger partial charge on any atom is 0.166 e. The Hall–Kier alpha value is -2.53. The number of phenols is 1. The van der Waals surface area contributed by atoms with Gasteiger partial charge in [-0.1, -0.05) is 18.2 Å². The number of aliphatic imine (C=N–C) groups is 1. The molecule has 0 aromatic heterocycles. The Labute approximate surface area is 161 Å². The molecule has 0 bridgehead atoms. The van der Waals surface area contributed by atoms with Gasteiger partial charge < -0.3 is 14.6 Å². The third kappa shape index (κ3) is 4.80. The molecule has 2 aromatic rings. The molecule has 0 amide bonds. The Morgan fingerprint density at radius 1 is 1.15 bits per heavy atom. The molecular weight excluding hydrogens is 340 g/mol. The molecule has 2 aromatic carbocycles. The van der Waals surface area contributed by atoms with Gasteiger partial charge in [-0.05, 0) is 62.7 Å².